The number of nitrogens with one attached hydrogen (secondary N) is 2. The Hall–Kier alpha value is -2.68. The highest BCUT2D eigenvalue weighted by molar-refractivity contribution is 7.92. The summed E-state index contributed by atoms with van der Waals surface area (Å²) in [5.74, 6) is -3.23. The molecule has 0 saturated carbocycles. The predicted molar refractivity (Wildman–Crippen MR) is 96.8 cm³/mol. The van der Waals surface area contributed by atoms with Crippen molar-refractivity contribution in [2.45, 2.75) is 42.5 Å². The number of anilines is 1. The molecule has 0 fully saturated rings. The lowest BCUT2D eigenvalue weighted by molar-refractivity contribution is -0.273. The van der Waals surface area contributed by atoms with Crippen LogP contribution in [0.15, 0.2) is 17.2 Å². The number of H-pyrrole nitrogens is 1. The number of hydrogen-bond acceptors (Lipinski definition) is 6. The highest BCUT2D eigenvalue weighted by atomic mass is 32.2. The van der Waals surface area contributed by atoms with Crippen molar-refractivity contribution in [2.24, 2.45) is 0 Å². The van der Waals surface area contributed by atoms with Crippen LogP contribution in [0.4, 0.5) is 32.0 Å². The summed E-state index contributed by atoms with van der Waals surface area (Å²) in [6.45, 7) is -3.42. The highest BCUT2D eigenvalue weighted by Crippen LogP contribution is 2.44. The van der Waals surface area contributed by atoms with E-state index in [9.17, 15) is 34.8 Å². The van der Waals surface area contributed by atoms with Crippen molar-refractivity contribution in [2.75, 3.05) is 18.9 Å². The molecule has 3 rings (SSSR count). The number of aromatic amines is 1. The quantitative estimate of drug-likeness (QED) is 0.575. The first kappa shape index (κ1) is 20.0. The summed E-state index contributed by atoms with van der Waals surface area (Å²) in [4.78, 5) is 5.22. The van der Waals surface area contributed by atoms with Crippen LogP contribution in [0.3, 0.4) is 0 Å². The Morgan fingerprint density at radius 3 is 2.66 bits per heavy atom. The minimum atomic E-state index is -5.08. The maximum absolute atomic E-state index is 14.1. The largest absolute Gasteiger partial charge is 0.479 e. The molecular formula is C17H17F6N3O5S. The van der Waals surface area contributed by atoms with Crippen LogP contribution in [0.5, 0.6) is 11.8 Å². The van der Waals surface area contributed by atoms with E-state index in [0.29, 0.717) is 6.07 Å². The van der Waals surface area contributed by atoms with Gasteiger partial charge in [-0.1, -0.05) is 0 Å². The molecule has 2 aromatic rings. The average molecular weight is 492 g/mol. The van der Waals surface area contributed by atoms with Crippen molar-refractivity contribution in [3.05, 3.63) is 29.3 Å². The van der Waals surface area contributed by atoms with Gasteiger partial charge in [0, 0.05) is 31.4 Å². The number of alkyl halides is 5. The summed E-state index contributed by atoms with van der Waals surface area (Å²) in [5.41, 5.74) is -3.99. The van der Waals surface area contributed by atoms with E-state index >= 15 is 0 Å². The van der Waals surface area contributed by atoms with Gasteiger partial charge >= 0.3 is 12.8 Å². The van der Waals surface area contributed by atoms with Gasteiger partial charge in [0.05, 0.1) is 11.2 Å². The first-order valence-corrected chi connectivity index (χ1v) is 10.1. The zero-order chi connectivity index (χ0) is 26.4. The smallest absolute Gasteiger partial charge is 0.417 e. The summed E-state index contributed by atoms with van der Waals surface area (Å²) < 4.78 is 142. The second-order valence-corrected chi connectivity index (χ2v) is 8.35. The van der Waals surface area contributed by atoms with Gasteiger partial charge in [0.15, 0.2) is 11.4 Å². The highest BCUT2D eigenvalue weighted by Gasteiger charge is 2.57. The van der Waals surface area contributed by atoms with Gasteiger partial charge in [-0.05, 0) is 18.4 Å². The van der Waals surface area contributed by atoms with E-state index < -0.39 is 82.9 Å². The van der Waals surface area contributed by atoms with Gasteiger partial charge < -0.3 is 19.2 Å². The fraction of sp³-hybridized carbons (Fsp3) is 0.471. The Balaban J connectivity index is 1.95. The Bertz CT molecular complexity index is 1210. The van der Waals surface area contributed by atoms with Crippen molar-refractivity contribution >= 4 is 15.7 Å². The molecule has 0 aromatic carbocycles. The third-order valence-electron chi connectivity index (χ3n) is 4.83. The van der Waals surface area contributed by atoms with E-state index in [1.807, 2.05) is 4.72 Å². The van der Waals surface area contributed by atoms with E-state index in [-0.39, 0.29) is 11.3 Å². The fourth-order valence-electron chi connectivity index (χ4n) is 3.29. The van der Waals surface area contributed by atoms with E-state index in [1.165, 1.54) is 0 Å². The Labute approximate surface area is 182 Å². The van der Waals surface area contributed by atoms with Crippen molar-refractivity contribution in [1.29, 1.82) is 0 Å². The Kier molecular flexibility index (Phi) is 5.21. The van der Waals surface area contributed by atoms with Crippen LogP contribution in [0, 0.1) is 5.82 Å². The molecule has 178 valence electrons. The zero-order valence-electron chi connectivity index (χ0n) is 19.0. The standard InChI is InChI=1S/C17H17F6N3O5S/c1-29-14-10(5-9(18)13(25-14)31-15(19)20)26-32(27,28)12-7-24-11-6-16(30-2,17(21,22)23)4-3-8(11)12/h5,7,15,24,26H,3-4,6H2,1-2H3/t16-/m1/s1/i2D3. The maximum atomic E-state index is 14.1. The number of sulfonamides is 1. The number of fused-ring (bicyclic) bond motifs is 1. The van der Waals surface area contributed by atoms with Gasteiger partial charge in [-0.15, -0.1) is 0 Å². The lowest BCUT2D eigenvalue weighted by Gasteiger charge is -2.37. The Morgan fingerprint density at radius 1 is 1.34 bits per heavy atom. The van der Waals surface area contributed by atoms with Crippen LogP contribution in [0.25, 0.3) is 0 Å². The molecule has 0 aliphatic heterocycles. The summed E-state index contributed by atoms with van der Waals surface area (Å²) in [6.07, 6.45) is -6.63. The first-order chi connectivity index (χ1) is 16.0. The van der Waals surface area contributed by atoms with Crippen LogP contribution in [-0.4, -0.2) is 50.9 Å². The lowest BCUT2D eigenvalue weighted by Crippen LogP contribution is -2.51. The molecule has 1 atom stereocenters. The molecule has 0 bridgehead atoms. The predicted octanol–water partition coefficient (Wildman–Crippen LogP) is 3.40. The number of rotatable bonds is 7. The number of ether oxygens (including phenoxy) is 3. The molecular weight excluding hydrogens is 472 g/mol. The number of hydrogen-bond donors (Lipinski definition) is 2. The molecule has 2 N–H and O–H groups in total. The maximum Gasteiger partial charge on any atom is 0.417 e. The third kappa shape index (κ3) is 4.30. The number of aromatic nitrogens is 2. The van der Waals surface area contributed by atoms with Gasteiger partial charge in [0.25, 0.3) is 15.9 Å². The molecule has 0 unspecified atom stereocenters. The molecule has 1 aliphatic rings. The Morgan fingerprint density at radius 2 is 2.06 bits per heavy atom. The number of pyridine rings is 1. The van der Waals surface area contributed by atoms with Crippen LogP contribution in [0.1, 0.15) is 21.8 Å². The first-order valence-electron chi connectivity index (χ1n) is 10.2. The van der Waals surface area contributed by atoms with E-state index in [0.717, 1.165) is 13.3 Å². The minimum Gasteiger partial charge on any atom is -0.479 e. The minimum absolute atomic E-state index is 0.0726. The van der Waals surface area contributed by atoms with Crippen LogP contribution in [-0.2, 0) is 27.6 Å². The molecule has 15 heteroatoms. The SMILES string of the molecule is [2H]C([2H])([2H])O[C@]1(C(F)(F)F)CCc2c(S(=O)(=O)Nc3cc(F)c(OC(F)F)nc3OC)c[nH]c2C1. The normalized spacial score (nSPS) is 20.8. The molecule has 2 aromatic heterocycles. The van der Waals surface area contributed by atoms with Crippen molar-refractivity contribution in [1.82, 2.24) is 9.97 Å². The molecule has 0 spiro atoms. The van der Waals surface area contributed by atoms with Gasteiger partial charge in [-0.25, -0.2) is 12.8 Å². The van der Waals surface area contributed by atoms with Gasteiger partial charge in [-0.2, -0.15) is 26.9 Å². The average Bonchev–Trinajstić information content (AvgIpc) is 3.11. The molecule has 0 saturated heterocycles. The van der Waals surface area contributed by atoms with E-state index in [4.69, 9.17) is 8.85 Å². The second-order valence-electron chi connectivity index (χ2n) is 6.70. The monoisotopic (exact) mass is 492 g/mol. The summed E-state index contributed by atoms with van der Waals surface area (Å²) in [7, 11) is -6.98. The van der Waals surface area contributed by atoms with Gasteiger partial charge in [-0.3, -0.25) is 4.72 Å². The van der Waals surface area contributed by atoms with Crippen molar-refractivity contribution in [3.8, 4) is 11.8 Å². The summed E-state index contributed by atoms with van der Waals surface area (Å²) in [6, 6.07) is 0.471. The second kappa shape index (κ2) is 8.35. The van der Waals surface area contributed by atoms with Crippen LogP contribution < -0.4 is 14.2 Å². The molecule has 2 heterocycles. The fourth-order valence-corrected chi connectivity index (χ4v) is 4.60. The number of nitrogens with zero attached hydrogens (tertiary/aromatic N) is 1. The van der Waals surface area contributed by atoms with E-state index in [2.05, 4.69) is 19.4 Å². The molecule has 0 radical (unpaired) electrons. The molecule has 0 amide bonds. The zero-order valence-corrected chi connectivity index (χ0v) is 16.8. The van der Waals surface area contributed by atoms with Crippen molar-refractivity contribution < 1.29 is 53.1 Å². The molecule has 1 aliphatic carbocycles. The summed E-state index contributed by atoms with van der Waals surface area (Å²) >= 11 is 0. The number of methoxy groups -OCH3 is 2. The molecule has 8 nitrogen and oxygen atoms in total. The third-order valence-corrected chi connectivity index (χ3v) is 6.26. The van der Waals surface area contributed by atoms with Crippen molar-refractivity contribution in [3.63, 3.8) is 0 Å². The van der Waals surface area contributed by atoms with Gasteiger partial charge in [0.1, 0.15) is 10.6 Å². The van der Waals surface area contributed by atoms with E-state index in [1.54, 1.807) is 0 Å². The lowest BCUT2D eigenvalue weighted by atomic mass is 9.83. The van der Waals surface area contributed by atoms with Crippen LogP contribution >= 0.6 is 0 Å². The molecule has 32 heavy (non-hydrogen) atoms. The summed E-state index contributed by atoms with van der Waals surface area (Å²) in [5, 5.41) is 0. The van der Waals surface area contributed by atoms with Crippen LogP contribution in [0.2, 0.25) is 0 Å². The number of halogens is 6. The van der Waals surface area contributed by atoms with Gasteiger partial charge in [0.2, 0.25) is 5.88 Å². The topological polar surface area (TPSA) is 103 Å².